The molecule has 0 bridgehead atoms. The van der Waals surface area contributed by atoms with Crippen molar-refractivity contribution in [2.45, 2.75) is 27.7 Å². The Morgan fingerprint density at radius 3 is 2.15 bits per heavy atom. The molecule has 0 aliphatic heterocycles. The Morgan fingerprint density at radius 1 is 1.25 bits per heavy atom. The molecule has 0 spiro atoms. The highest BCUT2D eigenvalue weighted by molar-refractivity contribution is 5.95. The van der Waals surface area contributed by atoms with E-state index in [1.807, 2.05) is 32.6 Å². The summed E-state index contributed by atoms with van der Waals surface area (Å²) in [5, 5.41) is 9.11. The van der Waals surface area contributed by atoms with Crippen molar-refractivity contribution in [1.82, 2.24) is 0 Å². The van der Waals surface area contributed by atoms with E-state index in [0.29, 0.717) is 30.6 Å². The average Bonchev–Trinajstić information content (AvgIpc) is 2.26. The molecule has 0 heterocycles. The minimum atomic E-state index is -1.14. The van der Waals surface area contributed by atoms with Gasteiger partial charge in [0.1, 0.15) is 5.82 Å². The predicted molar refractivity (Wildman–Crippen MR) is 79.7 cm³/mol. The third-order valence-corrected chi connectivity index (χ3v) is 2.86. The monoisotopic (exact) mass is 282 g/mol. The largest absolute Gasteiger partial charge is 0.478 e. The number of carboxylic acids is 1. The molecule has 0 amide bonds. The number of benzene rings is 1. The Morgan fingerprint density at radius 2 is 1.75 bits per heavy atom. The summed E-state index contributed by atoms with van der Waals surface area (Å²) in [6.45, 7) is 9.50. The highest BCUT2D eigenvalue weighted by Crippen LogP contribution is 2.27. The second kappa shape index (κ2) is 6.59. The van der Waals surface area contributed by atoms with Crippen LogP contribution in [0.3, 0.4) is 0 Å². The summed E-state index contributed by atoms with van der Waals surface area (Å²) in [5.41, 5.74) is 5.75. The van der Waals surface area contributed by atoms with Gasteiger partial charge in [0.2, 0.25) is 0 Å². The zero-order valence-corrected chi connectivity index (χ0v) is 12.5. The first kappa shape index (κ1) is 16.3. The lowest BCUT2D eigenvalue weighted by Crippen LogP contribution is -2.32. The lowest BCUT2D eigenvalue weighted by molar-refractivity contribution is 0.0698. The maximum Gasteiger partial charge on any atom is 0.337 e. The van der Waals surface area contributed by atoms with Crippen LogP contribution in [0.15, 0.2) is 12.1 Å². The molecule has 0 fully saturated rings. The Bertz CT molecular complexity index is 477. The van der Waals surface area contributed by atoms with E-state index in [1.165, 1.54) is 6.07 Å². The maximum atomic E-state index is 14.1. The second-order valence-corrected chi connectivity index (χ2v) is 5.89. The number of nitrogen functional groups attached to an aromatic ring is 1. The lowest BCUT2D eigenvalue weighted by Gasteiger charge is -2.29. The van der Waals surface area contributed by atoms with Gasteiger partial charge in [-0.1, -0.05) is 27.7 Å². The molecule has 1 aromatic rings. The van der Waals surface area contributed by atoms with Crippen molar-refractivity contribution in [2.75, 3.05) is 23.7 Å². The molecular weight excluding hydrogens is 259 g/mol. The van der Waals surface area contributed by atoms with Gasteiger partial charge in [0.05, 0.1) is 11.3 Å². The zero-order valence-electron chi connectivity index (χ0n) is 12.5. The Labute approximate surface area is 119 Å². The summed E-state index contributed by atoms with van der Waals surface area (Å²) in [5.74, 6) is -0.926. The van der Waals surface area contributed by atoms with E-state index in [0.717, 1.165) is 6.07 Å². The molecule has 20 heavy (non-hydrogen) atoms. The van der Waals surface area contributed by atoms with E-state index in [-0.39, 0.29) is 11.3 Å². The van der Waals surface area contributed by atoms with Gasteiger partial charge >= 0.3 is 5.97 Å². The van der Waals surface area contributed by atoms with Crippen LogP contribution in [0, 0.1) is 17.7 Å². The van der Waals surface area contributed by atoms with Crippen LogP contribution in [-0.2, 0) is 0 Å². The highest BCUT2D eigenvalue weighted by atomic mass is 19.1. The molecule has 1 aromatic carbocycles. The van der Waals surface area contributed by atoms with Crippen LogP contribution in [0.2, 0.25) is 0 Å². The number of aromatic carboxylic acids is 1. The first-order valence-corrected chi connectivity index (χ1v) is 6.79. The van der Waals surface area contributed by atoms with E-state index in [9.17, 15) is 9.18 Å². The van der Waals surface area contributed by atoms with Crippen LogP contribution < -0.4 is 10.6 Å². The SMILES string of the molecule is CC(C)CN(CC(C)C)c1cc(C(=O)O)c(N)cc1F. The average molecular weight is 282 g/mol. The Balaban J connectivity index is 3.24. The molecule has 0 saturated heterocycles. The molecule has 0 unspecified atom stereocenters. The molecule has 0 aromatic heterocycles. The molecule has 0 aliphatic carbocycles. The number of carbonyl (C=O) groups is 1. The molecule has 4 nitrogen and oxygen atoms in total. The van der Waals surface area contributed by atoms with Crippen LogP contribution in [0.5, 0.6) is 0 Å². The van der Waals surface area contributed by atoms with Crippen molar-refractivity contribution < 1.29 is 14.3 Å². The normalized spacial score (nSPS) is 11.2. The van der Waals surface area contributed by atoms with Gasteiger partial charge in [-0.25, -0.2) is 9.18 Å². The molecule has 3 N–H and O–H groups in total. The molecule has 0 radical (unpaired) electrons. The quantitative estimate of drug-likeness (QED) is 0.786. The Hall–Kier alpha value is -1.78. The molecule has 112 valence electrons. The number of carboxylic acid groups (broad SMARTS) is 1. The van der Waals surface area contributed by atoms with Gasteiger partial charge in [0.25, 0.3) is 0 Å². The molecule has 0 saturated carbocycles. The van der Waals surface area contributed by atoms with E-state index >= 15 is 0 Å². The summed E-state index contributed by atoms with van der Waals surface area (Å²) in [4.78, 5) is 13.0. The van der Waals surface area contributed by atoms with E-state index in [4.69, 9.17) is 10.8 Å². The first-order valence-electron chi connectivity index (χ1n) is 6.79. The van der Waals surface area contributed by atoms with Crippen molar-refractivity contribution in [3.8, 4) is 0 Å². The summed E-state index contributed by atoms with van der Waals surface area (Å²) in [6.07, 6.45) is 0. The minimum absolute atomic E-state index is 0.0483. The Kier molecular flexibility index (Phi) is 5.36. The van der Waals surface area contributed by atoms with Gasteiger partial charge in [-0.15, -0.1) is 0 Å². The lowest BCUT2D eigenvalue weighted by atomic mass is 10.1. The number of halogens is 1. The van der Waals surface area contributed by atoms with E-state index in [1.54, 1.807) is 0 Å². The fourth-order valence-corrected chi connectivity index (χ4v) is 2.16. The predicted octanol–water partition coefficient (Wildman–Crippen LogP) is 3.22. The van der Waals surface area contributed by atoms with Gasteiger partial charge in [0, 0.05) is 18.8 Å². The number of nitrogens with two attached hydrogens (primary N) is 1. The number of nitrogens with zero attached hydrogens (tertiary/aromatic N) is 1. The zero-order chi connectivity index (χ0) is 15.4. The maximum absolute atomic E-state index is 14.1. The minimum Gasteiger partial charge on any atom is -0.478 e. The first-order chi connectivity index (χ1) is 9.22. The van der Waals surface area contributed by atoms with Crippen LogP contribution in [-0.4, -0.2) is 24.2 Å². The highest BCUT2D eigenvalue weighted by Gasteiger charge is 2.19. The van der Waals surface area contributed by atoms with Crippen molar-refractivity contribution in [1.29, 1.82) is 0 Å². The van der Waals surface area contributed by atoms with Crippen LogP contribution in [0.4, 0.5) is 15.8 Å². The number of anilines is 2. The number of hydrogen-bond donors (Lipinski definition) is 2. The van der Waals surface area contributed by atoms with Gasteiger partial charge in [-0.05, 0) is 24.0 Å². The van der Waals surface area contributed by atoms with Crippen molar-refractivity contribution in [2.24, 2.45) is 11.8 Å². The standard InChI is InChI=1S/C15H23FN2O2/c1-9(2)7-18(8-10(3)4)14-5-11(15(19)20)13(17)6-12(14)16/h5-6,9-10H,7-8,17H2,1-4H3,(H,19,20). The summed E-state index contributed by atoms with van der Waals surface area (Å²) in [7, 11) is 0. The fraction of sp³-hybridized carbons (Fsp3) is 0.533. The third-order valence-electron chi connectivity index (χ3n) is 2.86. The second-order valence-electron chi connectivity index (χ2n) is 5.89. The third kappa shape index (κ3) is 4.11. The van der Waals surface area contributed by atoms with Gasteiger partial charge in [-0.3, -0.25) is 0 Å². The molecular formula is C15H23FN2O2. The smallest absolute Gasteiger partial charge is 0.337 e. The molecule has 0 aliphatic rings. The van der Waals surface area contributed by atoms with Crippen LogP contribution >= 0.6 is 0 Å². The molecule has 0 atom stereocenters. The topological polar surface area (TPSA) is 66.6 Å². The van der Waals surface area contributed by atoms with Crippen LogP contribution in [0.25, 0.3) is 0 Å². The van der Waals surface area contributed by atoms with E-state index < -0.39 is 11.8 Å². The number of hydrogen-bond acceptors (Lipinski definition) is 3. The van der Waals surface area contributed by atoms with Crippen molar-refractivity contribution in [3.63, 3.8) is 0 Å². The number of rotatable bonds is 6. The summed E-state index contributed by atoms with van der Waals surface area (Å²) >= 11 is 0. The molecule has 1 rings (SSSR count). The summed E-state index contributed by atoms with van der Waals surface area (Å²) < 4.78 is 14.1. The van der Waals surface area contributed by atoms with E-state index in [2.05, 4.69) is 0 Å². The van der Waals surface area contributed by atoms with Crippen molar-refractivity contribution in [3.05, 3.63) is 23.5 Å². The van der Waals surface area contributed by atoms with Crippen molar-refractivity contribution >= 4 is 17.3 Å². The fourth-order valence-electron chi connectivity index (χ4n) is 2.16. The van der Waals surface area contributed by atoms with Crippen LogP contribution in [0.1, 0.15) is 38.1 Å². The van der Waals surface area contributed by atoms with Gasteiger partial charge in [-0.2, -0.15) is 0 Å². The summed E-state index contributed by atoms with van der Waals surface area (Å²) in [6, 6.07) is 2.42. The molecule has 5 heteroatoms. The van der Waals surface area contributed by atoms with Gasteiger partial charge < -0.3 is 15.7 Å². The van der Waals surface area contributed by atoms with Gasteiger partial charge in [0.15, 0.2) is 0 Å².